The molecule has 0 bridgehead atoms. The Kier molecular flexibility index (Phi) is 4.70. The molecular weight excluding hydrogens is 166 g/mol. The van der Waals surface area contributed by atoms with Gasteiger partial charge < -0.3 is 14.8 Å². The van der Waals surface area contributed by atoms with Crippen molar-refractivity contribution in [1.82, 2.24) is 5.32 Å². The molecule has 3 heteroatoms. The van der Waals surface area contributed by atoms with Crippen molar-refractivity contribution in [2.45, 2.75) is 31.7 Å². The van der Waals surface area contributed by atoms with E-state index in [0.717, 1.165) is 32.8 Å². The summed E-state index contributed by atoms with van der Waals surface area (Å²) in [4.78, 5) is 0. The van der Waals surface area contributed by atoms with E-state index in [1.165, 1.54) is 12.8 Å². The predicted molar refractivity (Wildman–Crippen MR) is 53.0 cm³/mol. The third kappa shape index (κ3) is 3.25. The van der Waals surface area contributed by atoms with E-state index < -0.39 is 0 Å². The third-order valence-corrected chi connectivity index (χ3v) is 2.48. The molecule has 1 unspecified atom stereocenters. The summed E-state index contributed by atoms with van der Waals surface area (Å²) in [6, 6.07) is 0. The maximum absolute atomic E-state index is 5.58. The number of ether oxygens (including phenoxy) is 2. The average Bonchev–Trinajstić information content (AvgIpc) is 2.55. The second kappa shape index (κ2) is 5.58. The Labute approximate surface area is 80.8 Å². The van der Waals surface area contributed by atoms with Crippen LogP contribution < -0.4 is 5.32 Å². The lowest BCUT2D eigenvalue weighted by atomic mass is 10.0. The average molecular weight is 187 g/mol. The molecule has 0 spiro atoms. The summed E-state index contributed by atoms with van der Waals surface area (Å²) in [5.41, 5.74) is 0.101. The van der Waals surface area contributed by atoms with Crippen LogP contribution in [0.3, 0.4) is 0 Å². The zero-order chi connectivity index (χ0) is 9.57. The molecule has 1 rings (SSSR count). The van der Waals surface area contributed by atoms with Gasteiger partial charge in [-0.2, -0.15) is 0 Å². The van der Waals surface area contributed by atoms with Gasteiger partial charge in [-0.3, -0.25) is 0 Å². The van der Waals surface area contributed by atoms with Crippen molar-refractivity contribution < 1.29 is 9.47 Å². The van der Waals surface area contributed by atoms with Gasteiger partial charge in [0.25, 0.3) is 0 Å². The van der Waals surface area contributed by atoms with Crippen LogP contribution in [0.4, 0.5) is 0 Å². The SMILES string of the molecule is CCCOCC1(COC)CCCN1. The lowest BCUT2D eigenvalue weighted by Crippen LogP contribution is -2.48. The first-order valence-corrected chi connectivity index (χ1v) is 5.15. The Balaban J connectivity index is 2.28. The third-order valence-electron chi connectivity index (χ3n) is 2.48. The van der Waals surface area contributed by atoms with E-state index in [-0.39, 0.29) is 5.54 Å². The molecule has 1 atom stereocenters. The van der Waals surface area contributed by atoms with Crippen LogP contribution >= 0.6 is 0 Å². The van der Waals surface area contributed by atoms with E-state index >= 15 is 0 Å². The van der Waals surface area contributed by atoms with Crippen LogP contribution in [-0.2, 0) is 9.47 Å². The molecule has 1 N–H and O–H groups in total. The van der Waals surface area contributed by atoms with Crippen LogP contribution in [0.5, 0.6) is 0 Å². The van der Waals surface area contributed by atoms with Gasteiger partial charge in [-0.05, 0) is 25.8 Å². The minimum atomic E-state index is 0.101. The van der Waals surface area contributed by atoms with Crippen molar-refractivity contribution in [2.75, 3.05) is 33.5 Å². The Morgan fingerprint density at radius 2 is 2.23 bits per heavy atom. The quantitative estimate of drug-likeness (QED) is 0.633. The monoisotopic (exact) mass is 187 g/mol. The summed E-state index contributed by atoms with van der Waals surface area (Å²) in [6.45, 7) is 5.63. The molecule has 0 aromatic carbocycles. The highest BCUT2D eigenvalue weighted by atomic mass is 16.5. The van der Waals surface area contributed by atoms with Gasteiger partial charge in [0, 0.05) is 13.7 Å². The van der Waals surface area contributed by atoms with E-state index in [4.69, 9.17) is 9.47 Å². The van der Waals surface area contributed by atoms with Crippen LogP contribution in [0.1, 0.15) is 26.2 Å². The highest BCUT2D eigenvalue weighted by molar-refractivity contribution is 4.92. The number of rotatable bonds is 6. The summed E-state index contributed by atoms with van der Waals surface area (Å²) >= 11 is 0. The normalized spacial score (nSPS) is 28.2. The first kappa shape index (κ1) is 11.0. The molecule has 1 aliphatic rings. The van der Waals surface area contributed by atoms with Gasteiger partial charge in [-0.1, -0.05) is 6.92 Å². The number of hydrogen-bond acceptors (Lipinski definition) is 3. The van der Waals surface area contributed by atoms with Gasteiger partial charge in [0.05, 0.1) is 18.8 Å². The lowest BCUT2D eigenvalue weighted by Gasteiger charge is -2.28. The fourth-order valence-electron chi connectivity index (χ4n) is 1.84. The van der Waals surface area contributed by atoms with Crippen molar-refractivity contribution in [3.63, 3.8) is 0 Å². The topological polar surface area (TPSA) is 30.5 Å². The number of methoxy groups -OCH3 is 1. The highest BCUT2D eigenvalue weighted by Crippen LogP contribution is 2.19. The van der Waals surface area contributed by atoms with E-state index in [2.05, 4.69) is 12.2 Å². The smallest absolute Gasteiger partial charge is 0.0670 e. The summed E-state index contributed by atoms with van der Waals surface area (Å²) < 4.78 is 10.8. The first-order chi connectivity index (χ1) is 6.33. The second-order valence-electron chi connectivity index (χ2n) is 3.80. The van der Waals surface area contributed by atoms with Crippen LogP contribution in [0.2, 0.25) is 0 Å². The summed E-state index contributed by atoms with van der Waals surface area (Å²) in [5.74, 6) is 0. The van der Waals surface area contributed by atoms with Crippen molar-refractivity contribution in [2.24, 2.45) is 0 Å². The van der Waals surface area contributed by atoms with Crippen LogP contribution in [0, 0.1) is 0 Å². The van der Waals surface area contributed by atoms with Gasteiger partial charge in [0.1, 0.15) is 0 Å². The number of hydrogen-bond donors (Lipinski definition) is 1. The Morgan fingerprint density at radius 1 is 1.38 bits per heavy atom. The van der Waals surface area contributed by atoms with Gasteiger partial charge in [-0.15, -0.1) is 0 Å². The van der Waals surface area contributed by atoms with Gasteiger partial charge in [0.2, 0.25) is 0 Å². The van der Waals surface area contributed by atoms with Crippen LogP contribution in [0.15, 0.2) is 0 Å². The Morgan fingerprint density at radius 3 is 2.77 bits per heavy atom. The van der Waals surface area contributed by atoms with E-state index in [1.807, 2.05) is 0 Å². The van der Waals surface area contributed by atoms with Gasteiger partial charge in [-0.25, -0.2) is 0 Å². The van der Waals surface area contributed by atoms with Crippen molar-refractivity contribution in [3.05, 3.63) is 0 Å². The zero-order valence-electron chi connectivity index (χ0n) is 8.77. The van der Waals surface area contributed by atoms with Crippen LogP contribution in [0.25, 0.3) is 0 Å². The van der Waals surface area contributed by atoms with Crippen molar-refractivity contribution in [1.29, 1.82) is 0 Å². The fourth-order valence-corrected chi connectivity index (χ4v) is 1.84. The molecule has 1 fully saturated rings. The molecular formula is C10H21NO2. The Bertz CT molecular complexity index is 133. The standard InChI is InChI=1S/C10H21NO2/c1-3-7-13-9-10(8-12-2)5-4-6-11-10/h11H,3-9H2,1-2H3. The molecule has 1 saturated heterocycles. The molecule has 1 heterocycles. The largest absolute Gasteiger partial charge is 0.383 e. The summed E-state index contributed by atoms with van der Waals surface area (Å²) in [7, 11) is 1.75. The maximum atomic E-state index is 5.58. The molecule has 0 aromatic heterocycles. The molecule has 3 nitrogen and oxygen atoms in total. The summed E-state index contributed by atoms with van der Waals surface area (Å²) in [5, 5.41) is 3.48. The van der Waals surface area contributed by atoms with Gasteiger partial charge in [0.15, 0.2) is 0 Å². The zero-order valence-corrected chi connectivity index (χ0v) is 8.77. The second-order valence-corrected chi connectivity index (χ2v) is 3.80. The first-order valence-electron chi connectivity index (χ1n) is 5.15. The summed E-state index contributed by atoms with van der Waals surface area (Å²) in [6.07, 6.45) is 3.49. The maximum Gasteiger partial charge on any atom is 0.0670 e. The predicted octanol–water partition coefficient (Wildman–Crippen LogP) is 1.18. The molecule has 0 amide bonds. The molecule has 13 heavy (non-hydrogen) atoms. The van der Waals surface area contributed by atoms with Crippen molar-refractivity contribution >= 4 is 0 Å². The number of nitrogens with one attached hydrogen (secondary N) is 1. The van der Waals surface area contributed by atoms with E-state index in [1.54, 1.807) is 7.11 Å². The minimum Gasteiger partial charge on any atom is -0.383 e. The van der Waals surface area contributed by atoms with E-state index in [9.17, 15) is 0 Å². The van der Waals surface area contributed by atoms with E-state index in [0.29, 0.717) is 0 Å². The molecule has 1 aliphatic heterocycles. The Hall–Kier alpha value is -0.120. The fraction of sp³-hybridized carbons (Fsp3) is 1.00. The minimum absolute atomic E-state index is 0.101. The molecule has 0 aliphatic carbocycles. The molecule has 78 valence electrons. The van der Waals surface area contributed by atoms with Crippen molar-refractivity contribution in [3.8, 4) is 0 Å². The van der Waals surface area contributed by atoms with Gasteiger partial charge >= 0.3 is 0 Å². The highest BCUT2D eigenvalue weighted by Gasteiger charge is 2.33. The molecule has 0 aromatic rings. The van der Waals surface area contributed by atoms with Crippen LogP contribution in [-0.4, -0.2) is 39.0 Å². The molecule has 0 saturated carbocycles. The lowest BCUT2D eigenvalue weighted by molar-refractivity contribution is 0.0302. The molecule has 0 radical (unpaired) electrons.